The fourth-order valence-corrected chi connectivity index (χ4v) is 5.13. The average Bonchev–Trinajstić information content (AvgIpc) is 3.27. The van der Waals surface area contributed by atoms with Crippen LogP contribution in [0.2, 0.25) is 0 Å². The number of carbonyl (C=O) groups excluding carboxylic acids is 1. The lowest BCUT2D eigenvalue weighted by atomic mass is 9.88. The van der Waals surface area contributed by atoms with E-state index in [2.05, 4.69) is 30.9 Å². The number of halogens is 2. The van der Waals surface area contributed by atoms with Gasteiger partial charge in [0.25, 0.3) is 5.91 Å². The molecule has 6 heteroatoms. The summed E-state index contributed by atoms with van der Waals surface area (Å²) in [6.07, 6.45) is 0. The molecule has 1 saturated heterocycles. The van der Waals surface area contributed by atoms with Crippen molar-refractivity contribution in [3.63, 3.8) is 0 Å². The second-order valence-corrected chi connectivity index (χ2v) is 10.0. The molecule has 1 amide bonds. The molecule has 1 heterocycles. The Morgan fingerprint density at radius 2 is 1.78 bits per heavy atom. The van der Waals surface area contributed by atoms with Crippen molar-refractivity contribution in [3.8, 4) is 5.75 Å². The fourth-order valence-electron chi connectivity index (χ4n) is 5.13. The van der Waals surface area contributed by atoms with Crippen LogP contribution < -0.4 is 4.74 Å². The summed E-state index contributed by atoms with van der Waals surface area (Å²) in [5, 5.41) is 0. The van der Waals surface area contributed by atoms with Crippen LogP contribution in [0.5, 0.6) is 5.75 Å². The van der Waals surface area contributed by atoms with Crippen molar-refractivity contribution in [2.75, 3.05) is 33.3 Å². The van der Waals surface area contributed by atoms with Gasteiger partial charge in [0.2, 0.25) is 0 Å². The highest BCUT2D eigenvalue weighted by Gasteiger charge is 2.36. The van der Waals surface area contributed by atoms with Crippen molar-refractivity contribution >= 4 is 5.91 Å². The van der Waals surface area contributed by atoms with Gasteiger partial charge >= 0.3 is 0 Å². The Morgan fingerprint density at radius 1 is 1.03 bits per heavy atom. The van der Waals surface area contributed by atoms with E-state index in [-0.39, 0.29) is 35.3 Å². The van der Waals surface area contributed by atoms with E-state index in [0.29, 0.717) is 30.8 Å². The first-order valence-electron chi connectivity index (χ1n) is 12.5. The molecule has 3 aromatic carbocycles. The van der Waals surface area contributed by atoms with Crippen LogP contribution in [-0.4, -0.2) is 49.0 Å². The Morgan fingerprint density at radius 3 is 2.47 bits per heavy atom. The molecule has 2 unspecified atom stereocenters. The maximum Gasteiger partial charge on any atom is 0.253 e. The molecule has 0 bridgehead atoms. The van der Waals surface area contributed by atoms with Crippen LogP contribution in [0.4, 0.5) is 8.78 Å². The first kappa shape index (κ1) is 25.8. The first-order chi connectivity index (χ1) is 17.3. The quantitative estimate of drug-likeness (QED) is 0.368. The van der Waals surface area contributed by atoms with Gasteiger partial charge < -0.3 is 9.64 Å². The van der Waals surface area contributed by atoms with Gasteiger partial charge in [-0.3, -0.25) is 9.69 Å². The second-order valence-electron chi connectivity index (χ2n) is 10.0. The van der Waals surface area contributed by atoms with Gasteiger partial charge in [0.15, 0.2) is 0 Å². The van der Waals surface area contributed by atoms with E-state index in [0.717, 1.165) is 24.4 Å². The van der Waals surface area contributed by atoms with Crippen molar-refractivity contribution in [2.24, 2.45) is 11.8 Å². The van der Waals surface area contributed by atoms with Gasteiger partial charge in [-0.1, -0.05) is 44.2 Å². The van der Waals surface area contributed by atoms with E-state index in [1.165, 1.54) is 18.2 Å². The number of hydrogen-bond acceptors (Lipinski definition) is 3. The lowest BCUT2D eigenvalue weighted by Crippen LogP contribution is -2.39. The first-order valence-corrected chi connectivity index (χ1v) is 12.5. The van der Waals surface area contributed by atoms with Crippen molar-refractivity contribution in [3.05, 3.63) is 101 Å². The van der Waals surface area contributed by atoms with Gasteiger partial charge in [-0.25, -0.2) is 8.78 Å². The SMILES string of the molecule is COc1cccc(C2CN(Cc3ccccc3F)CC2CN(CC(C)C)C(=O)c2ccc(F)cc2)c1. The second kappa shape index (κ2) is 11.7. The minimum absolute atomic E-state index is 0.0966. The predicted octanol–water partition coefficient (Wildman–Crippen LogP) is 5.99. The van der Waals surface area contributed by atoms with Crippen molar-refractivity contribution < 1.29 is 18.3 Å². The number of likely N-dealkylation sites (tertiary alicyclic amines) is 1. The maximum atomic E-state index is 14.4. The summed E-state index contributed by atoms with van der Waals surface area (Å²) in [6.45, 7) is 7.34. The van der Waals surface area contributed by atoms with E-state index < -0.39 is 0 Å². The minimum atomic E-state index is -0.361. The molecule has 0 N–H and O–H groups in total. The third-order valence-electron chi connectivity index (χ3n) is 6.81. The highest BCUT2D eigenvalue weighted by molar-refractivity contribution is 5.94. The molecule has 36 heavy (non-hydrogen) atoms. The van der Waals surface area contributed by atoms with E-state index in [1.54, 1.807) is 25.3 Å². The third kappa shape index (κ3) is 6.30. The third-order valence-corrected chi connectivity index (χ3v) is 6.81. The van der Waals surface area contributed by atoms with Crippen molar-refractivity contribution in [1.29, 1.82) is 0 Å². The van der Waals surface area contributed by atoms with Crippen LogP contribution in [0.15, 0.2) is 72.8 Å². The molecule has 190 valence electrons. The number of rotatable bonds is 9. The number of carbonyl (C=O) groups is 1. The minimum Gasteiger partial charge on any atom is -0.497 e. The zero-order valence-electron chi connectivity index (χ0n) is 21.2. The lowest BCUT2D eigenvalue weighted by Gasteiger charge is -2.30. The van der Waals surface area contributed by atoms with Crippen LogP contribution in [-0.2, 0) is 6.54 Å². The summed E-state index contributed by atoms with van der Waals surface area (Å²) in [5.41, 5.74) is 2.30. The molecule has 0 aliphatic carbocycles. The summed E-state index contributed by atoms with van der Waals surface area (Å²) in [4.78, 5) is 17.6. The van der Waals surface area contributed by atoms with Gasteiger partial charge in [-0.2, -0.15) is 0 Å². The van der Waals surface area contributed by atoms with Crippen LogP contribution in [0.3, 0.4) is 0 Å². The largest absolute Gasteiger partial charge is 0.497 e. The van der Waals surface area contributed by atoms with Crippen LogP contribution >= 0.6 is 0 Å². The summed E-state index contributed by atoms with van der Waals surface area (Å²) in [6, 6.07) is 20.7. The van der Waals surface area contributed by atoms with Gasteiger partial charge in [-0.15, -0.1) is 0 Å². The number of benzene rings is 3. The Bertz CT molecular complexity index is 1170. The predicted molar refractivity (Wildman–Crippen MR) is 138 cm³/mol. The smallest absolute Gasteiger partial charge is 0.253 e. The van der Waals surface area contributed by atoms with E-state index in [9.17, 15) is 13.6 Å². The topological polar surface area (TPSA) is 32.8 Å². The normalized spacial score (nSPS) is 17.9. The van der Waals surface area contributed by atoms with Gasteiger partial charge in [0.1, 0.15) is 17.4 Å². The zero-order valence-corrected chi connectivity index (χ0v) is 21.2. The zero-order chi connectivity index (χ0) is 25.7. The van der Waals surface area contributed by atoms with Gasteiger partial charge in [0, 0.05) is 49.8 Å². The number of ether oxygens (including phenoxy) is 1. The molecule has 0 radical (unpaired) electrons. The molecular weight excluding hydrogens is 458 g/mol. The molecular formula is C30H34F2N2O2. The summed E-state index contributed by atoms with van der Waals surface area (Å²) >= 11 is 0. The molecule has 0 aromatic heterocycles. The highest BCUT2D eigenvalue weighted by atomic mass is 19.1. The summed E-state index contributed by atoms with van der Waals surface area (Å²) < 4.78 is 33.4. The van der Waals surface area contributed by atoms with E-state index >= 15 is 0 Å². The van der Waals surface area contributed by atoms with Gasteiger partial charge in [0.05, 0.1) is 7.11 Å². The molecule has 0 saturated carbocycles. The van der Waals surface area contributed by atoms with E-state index in [1.807, 2.05) is 29.2 Å². The monoisotopic (exact) mass is 492 g/mol. The van der Waals surface area contributed by atoms with Gasteiger partial charge in [-0.05, 0) is 59.9 Å². The Hall–Kier alpha value is -3.25. The van der Waals surface area contributed by atoms with Crippen molar-refractivity contribution in [1.82, 2.24) is 9.80 Å². The highest BCUT2D eigenvalue weighted by Crippen LogP contribution is 2.36. The maximum absolute atomic E-state index is 14.4. The average molecular weight is 493 g/mol. The Kier molecular flexibility index (Phi) is 8.36. The molecule has 1 fully saturated rings. The molecule has 0 spiro atoms. The van der Waals surface area contributed by atoms with Crippen molar-refractivity contribution in [2.45, 2.75) is 26.3 Å². The Balaban J connectivity index is 1.61. The lowest BCUT2D eigenvalue weighted by molar-refractivity contribution is 0.0703. The molecule has 1 aliphatic heterocycles. The van der Waals surface area contributed by atoms with Crippen LogP contribution in [0, 0.1) is 23.5 Å². The number of nitrogens with zero attached hydrogens (tertiary/aromatic N) is 2. The summed E-state index contributed by atoms with van der Waals surface area (Å²) in [7, 11) is 1.65. The molecule has 2 atom stereocenters. The molecule has 1 aliphatic rings. The number of amides is 1. The number of methoxy groups -OCH3 is 1. The fraction of sp³-hybridized carbons (Fsp3) is 0.367. The molecule has 3 aromatic rings. The standard InChI is InChI=1S/C30H34F2N2O2/c1-21(2)16-34(30(35)22-11-13-26(31)14-12-22)19-25-18-33(17-24-7-4-5-10-29(24)32)20-28(25)23-8-6-9-27(15-23)36-3/h4-15,21,25,28H,16-20H2,1-3H3. The number of hydrogen-bond donors (Lipinski definition) is 0. The van der Waals surface area contributed by atoms with Crippen LogP contribution in [0.1, 0.15) is 41.3 Å². The molecule has 4 nitrogen and oxygen atoms in total. The Labute approximate surface area is 212 Å². The molecule has 4 rings (SSSR count). The van der Waals surface area contributed by atoms with E-state index in [4.69, 9.17) is 4.74 Å². The van der Waals surface area contributed by atoms with Crippen LogP contribution in [0.25, 0.3) is 0 Å². The summed E-state index contributed by atoms with van der Waals surface area (Å²) in [5.74, 6) is 0.711.